The number of rotatable bonds is 4. The molecule has 31 heavy (non-hydrogen) atoms. The lowest BCUT2D eigenvalue weighted by molar-refractivity contribution is -0.115. The highest BCUT2D eigenvalue weighted by atomic mass is 35.5. The molecule has 0 saturated carbocycles. The van der Waals surface area contributed by atoms with Crippen molar-refractivity contribution in [3.63, 3.8) is 0 Å². The molecular formula is C21H12Cl3N3O2S2. The summed E-state index contributed by atoms with van der Waals surface area (Å²) in [4.78, 5) is 16.6. The number of carbonyl (C=O) groups excluding carboxylic acids is 1. The van der Waals surface area contributed by atoms with Gasteiger partial charge < -0.3 is 9.73 Å². The highest BCUT2D eigenvalue weighted by molar-refractivity contribution is 7.80. The molecule has 0 radical (unpaired) electrons. The quantitative estimate of drug-likeness (QED) is 0.228. The Morgan fingerprint density at radius 3 is 2.71 bits per heavy atom. The van der Waals surface area contributed by atoms with E-state index < -0.39 is 5.91 Å². The number of aromatic nitrogens is 1. The average Bonchev–Trinajstić information content (AvgIpc) is 3.34. The van der Waals surface area contributed by atoms with E-state index >= 15 is 0 Å². The SMILES string of the molecule is O=C(/C=C/c1ccc(-c2ccc(Cl)cc2Cl)o1)NC(=S)Nc1nc2c(Cl)cccc2s1. The van der Waals surface area contributed by atoms with Crippen LogP contribution in [0.5, 0.6) is 0 Å². The van der Waals surface area contributed by atoms with Gasteiger partial charge in [-0.05, 0) is 60.8 Å². The Hall–Kier alpha value is -2.42. The molecule has 0 aliphatic heterocycles. The maximum atomic E-state index is 12.2. The van der Waals surface area contributed by atoms with Gasteiger partial charge in [0.2, 0.25) is 5.91 Å². The number of anilines is 1. The molecular weight excluding hydrogens is 497 g/mol. The number of nitrogens with one attached hydrogen (secondary N) is 2. The number of fused-ring (bicyclic) bond motifs is 1. The number of para-hydroxylation sites is 1. The lowest BCUT2D eigenvalue weighted by atomic mass is 10.2. The van der Waals surface area contributed by atoms with E-state index in [1.54, 1.807) is 36.4 Å². The summed E-state index contributed by atoms with van der Waals surface area (Å²) in [7, 11) is 0. The first-order valence-electron chi connectivity index (χ1n) is 8.79. The molecule has 4 aromatic rings. The zero-order valence-corrected chi connectivity index (χ0v) is 19.4. The Labute approximate surface area is 201 Å². The number of carbonyl (C=O) groups is 1. The maximum Gasteiger partial charge on any atom is 0.250 e. The van der Waals surface area contributed by atoms with E-state index in [1.807, 2.05) is 12.1 Å². The fourth-order valence-corrected chi connectivity index (χ4v) is 4.62. The van der Waals surface area contributed by atoms with Gasteiger partial charge in [-0.1, -0.05) is 52.2 Å². The van der Waals surface area contributed by atoms with E-state index in [1.165, 1.54) is 23.5 Å². The number of benzene rings is 2. The van der Waals surface area contributed by atoms with E-state index in [0.29, 0.717) is 42.8 Å². The van der Waals surface area contributed by atoms with Crippen LogP contribution in [0.15, 0.2) is 59.0 Å². The summed E-state index contributed by atoms with van der Waals surface area (Å²) < 4.78 is 6.64. The Balaban J connectivity index is 1.37. The summed E-state index contributed by atoms with van der Waals surface area (Å²) in [6.45, 7) is 0. The van der Waals surface area contributed by atoms with Crippen molar-refractivity contribution in [2.24, 2.45) is 0 Å². The molecule has 2 aromatic heterocycles. The summed E-state index contributed by atoms with van der Waals surface area (Å²) >= 11 is 24.8. The molecule has 0 aliphatic rings. The van der Waals surface area contributed by atoms with Gasteiger partial charge in [-0.25, -0.2) is 4.98 Å². The van der Waals surface area contributed by atoms with Gasteiger partial charge in [-0.2, -0.15) is 0 Å². The molecule has 4 rings (SSSR count). The molecule has 0 bridgehead atoms. The summed E-state index contributed by atoms with van der Waals surface area (Å²) in [5.74, 6) is 0.628. The molecule has 0 saturated heterocycles. The number of hydrogen-bond donors (Lipinski definition) is 2. The fraction of sp³-hybridized carbons (Fsp3) is 0. The molecule has 5 nitrogen and oxygen atoms in total. The van der Waals surface area contributed by atoms with Crippen LogP contribution in [0.2, 0.25) is 15.1 Å². The summed E-state index contributed by atoms with van der Waals surface area (Å²) in [5.41, 5.74) is 1.39. The molecule has 0 aliphatic carbocycles. The molecule has 0 spiro atoms. The van der Waals surface area contributed by atoms with Crippen molar-refractivity contribution in [1.29, 1.82) is 0 Å². The number of halogens is 3. The largest absolute Gasteiger partial charge is 0.457 e. The molecule has 2 N–H and O–H groups in total. The smallest absolute Gasteiger partial charge is 0.250 e. The lowest BCUT2D eigenvalue weighted by Crippen LogP contribution is -2.32. The second kappa shape index (κ2) is 9.38. The van der Waals surface area contributed by atoms with Crippen molar-refractivity contribution in [2.45, 2.75) is 0 Å². The van der Waals surface area contributed by atoms with Crippen molar-refractivity contribution < 1.29 is 9.21 Å². The van der Waals surface area contributed by atoms with Crippen molar-refractivity contribution in [1.82, 2.24) is 10.3 Å². The van der Waals surface area contributed by atoms with Crippen LogP contribution in [-0.2, 0) is 4.79 Å². The third-order valence-corrected chi connectivity index (χ3v) is 6.04. The van der Waals surface area contributed by atoms with E-state index in [4.69, 9.17) is 51.4 Å². The number of furan rings is 1. The van der Waals surface area contributed by atoms with Gasteiger partial charge in [-0.15, -0.1) is 0 Å². The Kier molecular flexibility index (Phi) is 6.60. The van der Waals surface area contributed by atoms with Crippen molar-refractivity contribution in [2.75, 3.05) is 5.32 Å². The van der Waals surface area contributed by atoms with Crippen LogP contribution in [-0.4, -0.2) is 16.0 Å². The van der Waals surface area contributed by atoms with Gasteiger partial charge in [0.25, 0.3) is 0 Å². The Bertz CT molecular complexity index is 1330. The highest BCUT2D eigenvalue weighted by Crippen LogP contribution is 2.32. The first-order valence-corrected chi connectivity index (χ1v) is 11.2. The van der Waals surface area contributed by atoms with Crippen molar-refractivity contribution in [3.05, 3.63) is 75.4 Å². The third kappa shape index (κ3) is 5.26. The Morgan fingerprint density at radius 2 is 1.94 bits per heavy atom. The first-order chi connectivity index (χ1) is 14.9. The number of hydrogen-bond acceptors (Lipinski definition) is 5. The summed E-state index contributed by atoms with van der Waals surface area (Å²) in [5, 5.41) is 7.68. The van der Waals surface area contributed by atoms with Crippen LogP contribution in [0.3, 0.4) is 0 Å². The van der Waals surface area contributed by atoms with Gasteiger partial charge in [0.15, 0.2) is 10.2 Å². The molecule has 2 heterocycles. The zero-order chi connectivity index (χ0) is 22.0. The Morgan fingerprint density at radius 1 is 1.10 bits per heavy atom. The topological polar surface area (TPSA) is 67.2 Å². The predicted molar refractivity (Wildman–Crippen MR) is 132 cm³/mol. The van der Waals surface area contributed by atoms with E-state index in [2.05, 4.69) is 15.6 Å². The van der Waals surface area contributed by atoms with Gasteiger partial charge in [0, 0.05) is 16.7 Å². The van der Waals surface area contributed by atoms with Crippen molar-refractivity contribution in [3.8, 4) is 11.3 Å². The predicted octanol–water partition coefficient (Wildman–Crippen LogP) is 7.04. The van der Waals surface area contributed by atoms with E-state index in [-0.39, 0.29) is 5.11 Å². The minimum absolute atomic E-state index is 0.123. The molecule has 156 valence electrons. The van der Waals surface area contributed by atoms with Crippen LogP contribution in [0.1, 0.15) is 5.76 Å². The number of amides is 1. The zero-order valence-electron chi connectivity index (χ0n) is 15.5. The van der Waals surface area contributed by atoms with Gasteiger partial charge in [-0.3, -0.25) is 10.1 Å². The molecule has 10 heteroatoms. The standard InChI is InChI=1S/C21H12Cl3N3O2S2/c22-11-4-7-13(15(24)10-11)16-8-5-12(29-16)6-9-18(28)25-20(30)27-21-26-19-14(23)2-1-3-17(19)31-21/h1-10H,(H2,25,26,27,28,30)/b9-6+. The van der Waals surface area contributed by atoms with Crippen LogP contribution >= 0.6 is 58.4 Å². The monoisotopic (exact) mass is 507 g/mol. The van der Waals surface area contributed by atoms with Crippen LogP contribution in [0.4, 0.5) is 5.13 Å². The van der Waals surface area contributed by atoms with Gasteiger partial charge >= 0.3 is 0 Å². The molecule has 1 amide bonds. The molecule has 0 fully saturated rings. The second-order valence-corrected chi connectivity index (χ2v) is 8.90. The minimum atomic E-state index is -0.417. The van der Waals surface area contributed by atoms with Crippen LogP contribution in [0, 0.1) is 0 Å². The number of nitrogens with zero attached hydrogens (tertiary/aromatic N) is 1. The van der Waals surface area contributed by atoms with Crippen LogP contribution in [0.25, 0.3) is 27.6 Å². The maximum absolute atomic E-state index is 12.2. The molecule has 2 aromatic carbocycles. The normalized spacial score (nSPS) is 11.2. The summed E-state index contributed by atoms with van der Waals surface area (Å²) in [6, 6.07) is 14.1. The molecule has 0 unspecified atom stereocenters. The highest BCUT2D eigenvalue weighted by Gasteiger charge is 2.10. The summed E-state index contributed by atoms with van der Waals surface area (Å²) in [6.07, 6.45) is 2.85. The minimum Gasteiger partial charge on any atom is -0.457 e. The van der Waals surface area contributed by atoms with E-state index in [0.717, 1.165) is 4.70 Å². The first kappa shape index (κ1) is 21.8. The number of thiazole rings is 1. The van der Waals surface area contributed by atoms with E-state index in [9.17, 15) is 4.79 Å². The van der Waals surface area contributed by atoms with Crippen LogP contribution < -0.4 is 10.6 Å². The van der Waals surface area contributed by atoms with Crippen molar-refractivity contribution >= 4 is 90.8 Å². The third-order valence-electron chi connectivity index (χ3n) is 4.05. The number of thiocarbonyl (C=S) groups is 1. The average molecular weight is 509 g/mol. The lowest BCUT2D eigenvalue weighted by Gasteiger charge is -2.04. The second-order valence-electron chi connectivity index (χ2n) is 6.21. The van der Waals surface area contributed by atoms with Gasteiger partial charge in [0.05, 0.1) is 14.7 Å². The fourth-order valence-electron chi connectivity index (χ4n) is 2.68. The molecule has 0 atom stereocenters. The van der Waals surface area contributed by atoms with Gasteiger partial charge in [0.1, 0.15) is 17.0 Å².